The molecular formula is C9H11F3N2O5S. The lowest BCUT2D eigenvalue weighted by atomic mass is 10.4. The van der Waals surface area contributed by atoms with E-state index >= 15 is 0 Å². The molecule has 0 spiro atoms. The lowest BCUT2D eigenvalue weighted by Gasteiger charge is -2.08. The van der Waals surface area contributed by atoms with Crippen molar-refractivity contribution in [1.29, 1.82) is 0 Å². The van der Waals surface area contributed by atoms with Crippen molar-refractivity contribution in [3.8, 4) is 0 Å². The van der Waals surface area contributed by atoms with Gasteiger partial charge in [0.05, 0.1) is 0 Å². The number of hydrogen-bond acceptors (Lipinski definition) is 5. The summed E-state index contributed by atoms with van der Waals surface area (Å²) in [6, 6.07) is 2.01. The third kappa shape index (κ3) is 4.21. The molecule has 1 aromatic rings. The molecule has 0 fully saturated rings. The van der Waals surface area contributed by atoms with Crippen LogP contribution in [0.5, 0.6) is 0 Å². The molecule has 20 heavy (non-hydrogen) atoms. The van der Waals surface area contributed by atoms with Gasteiger partial charge in [-0.15, -0.1) is 0 Å². The third-order valence-electron chi connectivity index (χ3n) is 1.94. The van der Waals surface area contributed by atoms with E-state index < -0.39 is 39.6 Å². The molecule has 0 radical (unpaired) electrons. The summed E-state index contributed by atoms with van der Waals surface area (Å²) in [5.74, 6) is -1.62. The minimum absolute atomic E-state index is 0.493. The van der Waals surface area contributed by atoms with E-state index in [2.05, 4.69) is 4.84 Å². The van der Waals surface area contributed by atoms with Gasteiger partial charge in [-0.25, -0.2) is 18.2 Å². The SMILES string of the molecule is CN(C)S(=O)(=O)c1ccc(C(=O)NOCC(F)(F)F)o1. The topological polar surface area (TPSA) is 88.9 Å². The number of rotatable bonds is 5. The number of halogens is 3. The van der Waals surface area contributed by atoms with E-state index in [1.54, 1.807) is 0 Å². The molecule has 0 aromatic carbocycles. The molecule has 1 aromatic heterocycles. The number of amides is 1. The second kappa shape index (κ2) is 5.81. The number of hydroxylamine groups is 1. The number of carbonyl (C=O) groups is 1. The number of sulfonamides is 1. The molecule has 0 aliphatic heterocycles. The van der Waals surface area contributed by atoms with Gasteiger partial charge < -0.3 is 4.42 Å². The Bertz CT molecular complexity index is 579. The zero-order valence-electron chi connectivity index (χ0n) is 10.4. The van der Waals surface area contributed by atoms with Crippen LogP contribution in [0.15, 0.2) is 21.6 Å². The van der Waals surface area contributed by atoms with E-state index in [9.17, 15) is 26.4 Å². The fraction of sp³-hybridized carbons (Fsp3) is 0.444. The summed E-state index contributed by atoms with van der Waals surface area (Å²) in [6.07, 6.45) is -4.60. The van der Waals surface area contributed by atoms with E-state index in [1.807, 2.05) is 0 Å². The van der Waals surface area contributed by atoms with Gasteiger partial charge in [-0.2, -0.15) is 13.2 Å². The third-order valence-corrected chi connectivity index (χ3v) is 3.63. The van der Waals surface area contributed by atoms with Gasteiger partial charge in [0, 0.05) is 14.1 Å². The fourth-order valence-corrected chi connectivity index (χ4v) is 1.79. The van der Waals surface area contributed by atoms with Crippen LogP contribution in [-0.4, -0.2) is 45.5 Å². The Balaban J connectivity index is 2.71. The lowest BCUT2D eigenvalue weighted by Crippen LogP contribution is -2.29. The first-order chi connectivity index (χ1) is 9.04. The standard InChI is InChI=1S/C9H11F3N2O5S/c1-14(2)20(16,17)7-4-3-6(19-7)8(15)13-18-5-9(10,11)12/h3-4H,5H2,1-2H3,(H,13,15). The summed E-state index contributed by atoms with van der Waals surface area (Å²) in [6.45, 7) is -1.68. The molecule has 0 saturated carbocycles. The van der Waals surface area contributed by atoms with Crippen molar-refractivity contribution in [3.63, 3.8) is 0 Å². The largest absolute Gasteiger partial charge is 0.438 e. The maximum absolute atomic E-state index is 11.8. The Hall–Kier alpha value is -1.59. The quantitative estimate of drug-likeness (QED) is 0.810. The Kier molecular flexibility index (Phi) is 4.78. The average molecular weight is 316 g/mol. The zero-order valence-corrected chi connectivity index (χ0v) is 11.2. The molecule has 0 aliphatic rings. The minimum atomic E-state index is -4.60. The zero-order chi connectivity index (χ0) is 15.6. The molecule has 1 heterocycles. The van der Waals surface area contributed by atoms with Gasteiger partial charge in [-0.05, 0) is 12.1 Å². The van der Waals surface area contributed by atoms with Crippen molar-refractivity contribution in [3.05, 3.63) is 17.9 Å². The van der Waals surface area contributed by atoms with E-state index in [1.165, 1.54) is 19.6 Å². The van der Waals surface area contributed by atoms with Crippen molar-refractivity contribution < 1.29 is 35.6 Å². The van der Waals surface area contributed by atoms with Gasteiger partial charge in [0.2, 0.25) is 5.09 Å². The van der Waals surface area contributed by atoms with E-state index in [-0.39, 0.29) is 0 Å². The van der Waals surface area contributed by atoms with Crippen molar-refractivity contribution in [1.82, 2.24) is 9.79 Å². The van der Waals surface area contributed by atoms with Crippen molar-refractivity contribution in [2.24, 2.45) is 0 Å². The minimum Gasteiger partial charge on any atom is -0.438 e. The van der Waals surface area contributed by atoms with Crippen molar-refractivity contribution in [2.75, 3.05) is 20.7 Å². The number of hydrogen-bond donors (Lipinski definition) is 1. The molecule has 0 saturated heterocycles. The van der Waals surface area contributed by atoms with Crippen LogP contribution in [0.4, 0.5) is 13.2 Å². The normalized spacial score (nSPS) is 12.7. The maximum atomic E-state index is 11.8. The Morgan fingerprint density at radius 1 is 1.40 bits per heavy atom. The number of nitrogens with one attached hydrogen (secondary N) is 1. The first kappa shape index (κ1) is 16.5. The smallest absolute Gasteiger partial charge is 0.414 e. The van der Waals surface area contributed by atoms with Crippen LogP contribution in [0.25, 0.3) is 0 Å². The summed E-state index contributed by atoms with van der Waals surface area (Å²) < 4.78 is 64.2. The van der Waals surface area contributed by atoms with Crippen LogP contribution in [0.1, 0.15) is 10.6 Å². The lowest BCUT2D eigenvalue weighted by molar-refractivity contribution is -0.184. The molecule has 114 valence electrons. The van der Waals surface area contributed by atoms with Crippen LogP contribution in [0.2, 0.25) is 0 Å². The second-order valence-corrected chi connectivity index (χ2v) is 5.82. The molecule has 0 atom stereocenters. The predicted octanol–water partition coefficient (Wildman–Crippen LogP) is 0.754. The van der Waals surface area contributed by atoms with Crippen LogP contribution in [-0.2, 0) is 14.9 Å². The Morgan fingerprint density at radius 3 is 2.50 bits per heavy atom. The first-order valence-electron chi connectivity index (χ1n) is 5.05. The van der Waals surface area contributed by atoms with E-state index in [4.69, 9.17) is 4.42 Å². The average Bonchev–Trinajstić information content (AvgIpc) is 2.76. The first-order valence-corrected chi connectivity index (χ1v) is 6.49. The molecule has 1 N–H and O–H groups in total. The van der Waals surface area contributed by atoms with Gasteiger partial charge in [0.1, 0.15) is 0 Å². The fourth-order valence-electron chi connectivity index (χ4n) is 0.995. The molecule has 0 aliphatic carbocycles. The summed E-state index contributed by atoms with van der Waals surface area (Å²) >= 11 is 0. The molecular weight excluding hydrogens is 305 g/mol. The highest BCUT2D eigenvalue weighted by atomic mass is 32.2. The summed E-state index contributed by atoms with van der Waals surface area (Å²) in [4.78, 5) is 15.2. The summed E-state index contributed by atoms with van der Waals surface area (Å²) in [5, 5.41) is -0.511. The number of furan rings is 1. The molecule has 7 nitrogen and oxygen atoms in total. The van der Waals surface area contributed by atoms with Crippen LogP contribution in [0, 0.1) is 0 Å². The van der Waals surface area contributed by atoms with Gasteiger partial charge in [0.15, 0.2) is 12.4 Å². The Labute approximate surface area is 112 Å². The number of carbonyl (C=O) groups excluding carboxylic acids is 1. The predicted molar refractivity (Wildman–Crippen MR) is 59.1 cm³/mol. The molecule has 1 rings (SSSR count). The highest BCUT2D eigenvalue weighted by Gasteiger charge is 2.29. The van der Waals surface area contributed by atoms with Crippen LogP contribution in [0.3, 0.4) is 0 Å². The van der Waals surface area contributed by atoms with Crippen LogP contribution < -0.4 is 5.48 Å². The monoisotopic (exact) mass is 316 g/mol. The van der Waals surface area contributed by atoms with Gasteiger partial charge in [0.25, 0.3) is 10.0 Å². The number of nitrogens with zero attached hydrogens (tertiary/aromatic N) is 1. The highest BCUT2D eigenvalue weighted by Crippen LogP contribution is 2.17. The number of alkyl halides is 3. The van der Waals surface area contributed by atoms with Crippen LogP contribution >= 0.6 is 0 Å². The molecule has 0 unspecified atom stereocenters. The van der Waals surface area contributed by atoms with Gasteiger partial charge in [-0.1, -0.05) is 0 Å². The summed E-state index contributed by atoms with van der Waals surface area (Å²) in [7, 11) is -1.36. The highest BCUT2D eigenvalue weighted by molar-refractivity contribution is 7.88. The molecule has 0 bridgehead atoms. The Morgan fingerprint density at radius 2 is 2.00 bits per heavy atom. The van der Waals surface area contributed by atoms with Gasteiger partial charge >= 0.3 is 12.1 Å². The van der Waals surface area contributed by atoms with E-state index in [0.29, 0.717) is 0 Å². The second-order valence-electron chi connectivity index (χ2n) is 3.74. The molecule has 1 amide bonds. The summed E-state index contributed by atoms with van der Waals surface area (Å²) in [5.41, 5.74) is 1.49. The maximum Gasteiger partial charge on any atom is 0.414 e. The van der Waals surface area contributed by atoms with Gasteiger partial charge in [-0.3, -0.25) is 9.63 Å². The van der Waals surface area contributed by atoms with Crippen molar-refractivity contribution in [2.45, 2.75) is 11.3 Å². The van der Waals surface area contributed by atoms with E-state index in [0.717, 1.165) is 16.4 Å². The molecule has 11 heteroatoms. The van der Waals surface area contributed by atoms with Crippen molar-refractivity contribution >= 4 is 15.9 Å².